The summed E-state index contributed by atoms with van der Waals surface area (Å²) in [5.41, 5.74) is 7.08. The van der Waals surface area contributed by atoms with Crippen LogP contribution in [0.3, 0.4) is 0 Å². The average Bonchev–Trinajstić information content (AvgIpc) is 3.15. The number of carbonyl (C=O) groups is 3. The maximum absolute atomic E-state index is 12.9. The van der Waals surface area contributed by atoms with E-state index in [9.17, 15) is 35.9 Å². The van der Waals surface area contributed by atoms with E-state index < -0.39 is 48.8 Å². The van der Waals surface area contributed by atoms with Crippen LogP contribution in [0.2, 0.25) is 0 Å². The number of alkyl halides is 6. The first-order valence-electron chi connectivity index (χ1n) is 9.89. The molecule has 1 aliphatic rings. The van der Waals surface area contributed by atoms with Gasteiger partial charge in [-0.05, 0) is 28.8 Å². The second-order valence-corrected chi connectivity index (χ2v) is 7.40. The van der Waals surface area contributed by atoms with E-state index >= 15 is 0 Å². The second-order valence-electron chi connectivity index (χ2n) is 7.40. The summed E-state index contributed by atoms with van der Waals surface area (Å²) in [5, 5.41) is 13.6. The Morgan fingerprint density at radius 1 is 1.09 bits per heavy atom. The molecule has 0 fully saturated rings. The predicted octanol–water partition coefficient (Wildman–Crippen LogP) is 3.34. The van der Waals surface area contributed by atoms with Crippen LogP contribution in [0.4, 0.5) is 32.0 Å². The number of anilines is 1. The molecule has 1 amide bonds. The fraction of sp³-hybridized carbons (Fsp3) is 0.381. The number of benzene rings is 2. The van der Waals surface area contributed by atoms with Crippen LogP contribution in [0, 0.1) is 0 Å². The number of fused-ring (bicyclic) bond motifs is 3. The average molecular weight is 493 g/mol. The van der Waals surface area contributed by atoms with E-state index in [1.165, 1.54) is 0 Å². The molecule has 2 aromatic rings. The number of hydrogen-bond acceptors (Lipinski definition) is 5. The van der Waals surface area contributed by atoms with Crippen molar-refractivity contribution in [1.82, 2.24) is 5.32 Å². The Hall–Kier alpha value is -3.35. The molecule has 1 unspecified atom stereocenters. The first kappa shape index (κ1) is 26.9. The number of aliphatic carboxylic acids is 1. The third-order valence-corrected chi connectivity index (χ3v) is 5.03. The lowest BCUT2D eigenvalue weighted by atomic mass is 9.84. The molecule has 0 saturated heterocycles. The summed E-state index contributed by atoms with van der Waals surface area (Å²) in [6.45, 7) is 0.287. The van der Waals surface area contributed by atoms with Gasteiger partial charge in [0.15, 0.2) is 5.78 Å². The van der Waals surface area contributed by atoms with Crippen LogP contribution in [0.25, 0.3) is 10.8 Å². The van der Waals surface area contributed by atoms with Gasteiger partial charge in [-0.1, -0.05) is 37.3 Å². The summed E-state index contributed by atoms with van der Waals surface area (Å²) in [6.07, 6.45) is -9.25. The molecule has 3 atom stereocenters. The van der Waals surface area contributed by atoms with Crippen molar-refractivity contribution in [3.8, 4) is 0 Å². The van der Waals surface area contributed by atoms with E-state index in [2.05, 4.69) is 5.32 Å². The zero-order valence-corrected chi connectivity index (χ0v) is 17.6. The number of rotatable bonds is 5. The van der Waals surface area contributed by atoms with Crippen molar-refractivity contribution >= 4 is 34.1 Å². The number of ketones is 1. The van der Waals surface area contributed by atoms with Gasteiger partial charge in [0, 0.05) is 5.69 Å². The summed E-state index contributed by atoms with van der Waals surface area (Å²) in [4.78, 5) is 34.3. The lowest BCUT2D eigenvalue weighted by Crippen LogP contribution is -2.48. The topological polar surface area (TPSA) is 122 Å². The van der Waals surface area contributed by atoms with E-state index in [1.54, 1.807) is 19.1 Å². The number of nitrogens with two attached hydrogens (primary N) is 1. The SMILES string of the molecule is CC[C@H](N)C(=O)C1c2c(ccc3ccccc23)N[C@@H]1C(=O)NCC(F)(F)F.O=C(O)C(F)(F)F. The Labute approximate surface area is 189 Å². The molecule has 0 spiro atoms. The molecule has 0 saturated carbocycles. The van der Waals surface area contributed by atoms with Crippen molar-refractivity contribution in [2.24, 2.45) is 5.73 Å². The summed E-state index contributed by atoms with van der Waals surface area (Å²) in [5.74, 6) is -4.96. The molecular formula is C21H21F6N3O4. The van der Waals surface area contributed by atoms with Crippen LogP contribution in [-0.2, 0) is 14.4 Å². The van der Waals surface area contributed by atoms with Crippen LogP contribution >= 0.6 is 0 Å². The highest BCUT2D eigenvalue weighted by Crippen LogP contribution is 2.42. The number of Topliss-reactive ketones (excluding diaryl/α,β-unsaturated/α-hetero) is 1. The van der Waals surface area contributed by atoms with Gasteiger partial charge in [0.2, 0.25) is 5.91 Å². The lowest BCUT2D eigenvalue weighted by molar-refractivity contribution is -0.192. The largest absolute Gasteiger partial charge is 0.490 e. The van der Waals surface area contributed by atoms with Crippen LogP contribution < -0.4 is 16.4 Å². The molecule has 0 radical (unpaired) electrons. The molecular weight excluding hydrogens is 472 g/mol. The van der Waals surface area contributed by atoms with Crippen molar-refractivity contribution < 1.29 is 45.8 Å². The highest BCUT2D eigenvalue weighted by atomic mass is 19.4. The van der Waals surface area contributed by atoms with E-state index in [4.69, 9.17) is 15.6 Å². The van der Waals surface area contributed by atoms with Gasteiger partial charge in [0.1, 0.15) is 12.6 Å². The van der Waals surface area contributed by atoms with Gasteiger partial charge >= 0.3 is 18.3 Å². The summed E-state index contributed by atoms with van der Waals surface area (Å²) < 4.78 is 69.2. The van der Waals surface area contributed by atoms with Gasteiger partial charge in [-0.2, -0.15) is 26.3 Å². The van der Waals surface area contributed by atoms with Crippen molar-refractivity contribution in [3.63, 3.8) is 0 Å². The maximum Gasteiger partial charge on any atom is 0.490 e. The molecule has 5 N–H and O–H groups in total. The number of hydrogen-bond donors (Lipinski definition) is 4. The standard InChI is InChI=1S/C19H20F3N3O2.C2HF3O2/c1-2-12(23)17(26)15-14-11-6-4-3-5-10(11)7-8-13(14)25-16(15)18(27)24-9-19(20,21)22;3-2(4,5)1(6)7/h3-8,12,15-16,25H,2,9,23H2,1H3,(H,24,27);(H,6,7)/t12-,15?,16-;/m0./s1. The first-order chi connectivity index (χ1) is 15.7. The molecule has 0 aliphatic carbocycles. The third kappa shape index (κ3) is 6.37. The normalized spacial score (nSPS) is 18.2. The Kier molecular flexibility index (Phi) is 8.14. The molecule has 0 aromatic heterocycles. The highest BCUT2D eigenvalue weighted by molar-refractivity contribution is 6.06. The van der Waals surface area contributed by atoms with Crippen molar-refractivity contribution in [3.05, 3.63) is 42.0 Å². The van der Waals surface area contributed by atoms with Gasteiger partial charge in [0.25, 0.3) is 0 Å². The monoisotopic (exact) mass is 493 g/mol. The van der Waals surface area contributed by atoms with Crippen molar-refractivity contribution in [2.45, 2.75) is 43.7 Å². The quantitative estimate of drug-likeness (QED) is 0.474. The van der Waals surface area contributed by atoms with E-state index in [-0.39, 0.29) is 5.78 Å². The summed E-state index contributed by atoms with van der Waals surface area (Å²) in [6, 6.07) is 8.96. The number of halogens is 6. The fourth-order valence-corrected chi connectivity index (χ4v) is 3.43. The molecule has 34 heavy (non-hydrogen) atoms. The van der Waals surface area contributed by atoms with Gasteiger partial charge in [-0.15, -0.1) is 0 Å². The zero-order chi connectivity index (χ0) is 25.8. The number of amides is 1. The third-order valence-electron chi connectivity index (χ3n) is 5.03. The van der Waals surface area contributed by atoms with Gasteiger partial charge < -0.3 is 21.5 Å². The van der Waals surface area contributed by atoms with Crippen molar-refractivity contribution in [1.29, 1.82) is 0 Å². The zero-order valence-electron chi connectivity index (χ0n) is 17.6. The number of carboxylic acids is 1. The maximum atomic E-state index is 12.9. The van der Waals surface area contributed by atoms with Crippen molar-refractivity contribution in [2.75, 3.05) is 11.9 Å². The molecule has 3 rings (SSSR count). The fourth-order valence-electron chi connectivity index (χ4n) is 3.43. The second kappa shape index (κ2) is 10.3. The molecule has 7 nitrogen and oxygen atoms in total. The van der Waals surface area contributed by atoms with Crippen LogP contribution in [0.1, 0.15) is 24.8 Å². The van der Waals surface area contributed by atoms with Crippen LogP contribution in [-0.4, -0.2) is 53.7 Å². The smallest absolute Gasteiger partial charge is 0.475 e. The molecule has 1 aliphatic heterocycles. The minimum absolute atomic E-state index is 0.367. The number of nitrogens with one attached hydrogen (secondary N) is 2. The number of carbonyl (C=O) groups excluding carboxylic acids is 2. The molecule has 1 heterocycles. The minimum atomic E-state index is -5.08. The van der Waals surface area contributed by atoms with Gasteiger partial charge in [-0.3, -0.25) is 9.59 Å². The number of carboxylic acid groups (broad SMARTS) is 1. The molecule has 186 valence electrons. The van der Waals surface area contributed by atoms with Gasteiger partial charge in [-0.25, -0.2) is 4.79 Å². The first-order valence-corrected chi connectivity index (χ1v) is 9.89. The van der Waals surface area contributed by atoms with E-state index in [1.807, 2.05) is 29.6 Å². The van der Waals surface area contributed by atoms with Gasteiger partial charge in [0.05, 0.1) is 12.0 Å². The Morgan fingerprint density at radius 2 is 1.68 bits per heavy atom. The van der Waals surface area contributed by atoms with E-state index in [0.717, 1.165) is 10.8 Å². The predicted molar refractivity (Wildman–Crippen MR) is 110 cm³/mol. The Morgan fingerprint density at radius 3 is 2.21 bits per heavy atom. The van der Waals surface area contributed by atoms with Crippen LogP contribution in [0.15, 0.2) is 36.4 Å². The van der Waals surface area contributed by atoms with Crippen LogP contribution in [0.5, 0.6) is 0 Å². The molecule has 2 aromatic carbocycles. The lowest BCUT2D eigenvalue weighted by Gasteiger charge is -2.22. The summed E-state index contributed by atoms with van der Waals surface area (Å²) >= 11 is 0. The molecule has 13 heteroatoms. The van der Waals surface area contributed by atoms with E-state index in [0.29, 0.717) is 17.7 Å². The minimum Gasteiger partial charge on any atom is -0.475 e. The Balaban J connectivity index is 0.000000509. The summed E-state index contributed by atoms with van der Waals surface area (Å²) in [7, 11) is 0. The Bertz CT molecular complexity index is 1070. The highest BCUT2D eigenvalue weighted by Gasteiger charge is 2.44. The molecule has 0 bridgehead atoms.